The Bertz CT molecular complexity index is 262. The van der Waals surface area contributed by atoms with Gasteiger partial charge in [-0.3, -0.25) is 10.2 Å². The summed E-state index contributed by atoms with van der Waals surface area (Å²) in [5.41, 5.74) is 2.17. The Morgan fingerprint density at radius 3 is 2.36 bits per heavy atom. The number of carbonyl (C=O) groups excluding carboxylic acids is 1. The lowest BCUT2D eigenvalue weighted by atomic mass is 10.2. The van der Waals surface area contributed by atoms with Gasteiger partial charge in [-0.2, -0.15) is 0 Å². The van der Waals surface area contributed by atoms with E-state index in [1.165, 1.54) is 0 Å². The molecule has 0 atom stereocenters. The van der Waals surface area contributed by atoms with E-state index < -0.39 is 10.0 Å². The molecule has 0 saturated heterocycles. The lowest BCUT2D eigenvalue weighted by molar-refractivity contribution is -0.121. The Morgan fingerprint density at radius 1 is 1.21 bits per heavy atom. The molecular formula is C8H18N2O3S. The normalized spacial score (nSPS) is 11.3. The smallest absolute Gasteiger partial charge is 0.234 e. The van der Waals surface area contributed by atoms with Gasteiger partial charge in [0.1, 0.15) is 0 Å². The molecule has 0 rings (SSSR count). The van der Waals surface area contributed by atoms with E-state index in [1.54, 1.807) is 6.92 Å². The summed E-state index contributed by atoms with van der Waals surface area (Å²) in [5, 5.41) is 0. The van der Waals surface area contributed by atoms with Crippen molar-refractivity contribution in [3.63, 3.8) is 0 Å². The second-order valence-corrected chi connectivity index (χ2v) is 4.91. The molecule has 2 N–H and O–H groups in total. The van der Waals surface area contributed by atoms with E-state index in [4.69, 9.17) is 0 Å². The van der Waals surface area contributed by atoms with E-state index in [1.807, 2.05) is 11.8 Å². The second-order valence-electron chi connectivity index (χ2n) is 3.07. The molecule has 0 unspecified atom stereocenters. The second kappa shape index (κ2) is 6.78. The van der Waals surface area contributed by atoms with Crippen LogP contribution in [0.4, 0.5) is 0 Å². The first-order valence-electron chi connectivity index (χ1n) is 4.80. The lowest BCUT2D eigenvalue weighted by Crippen LogP contribution is -2.42. The van der Waals surface area contributed by atoms with Crippen molar-refractivity contribution in [1.29, 1.82) is 0 Å². The lowest BCUT2D eigenvalue weighted by Gasteiger charge is -2.06. The summed E-state index contributed by atoms with van der Waals surface area (Å²) in [6, 6.07) is 0. The predicted molar refractivity (Wildman–Crippen MR) is 54.9 cm³/mol. The van der Waals surface area contributed by atoms with Crippen LogP contribution in [0.2, 0.25) is 0 Å². The zero-order valence-corrected chi connectivity index (χ0v) is 9.49. The molecule has 0 saturated carbocycles. The molecule has 0 heterocycles. The zero-order chi connectivity index (χ0) is 11.0. The molecule has 0 aromatic heterocycles. The molecule has 0 aromatic rings. The minimum atomic E-state index is -3.33. The van der Waals surface area contributed by atoms with Crippen LogP contribution in [0, 0.1) is 0 Å². The summed E-state index contributed by atoms with van der Waals surface area (Å²) < 4.78 is 22.2. The predicted octanol–water partition coefficient (Wildman–Crippen LogP) is 0.537. The molecule has 0 aliphatic carbocycles. The van der Waals surface area contributed by atoms with E-state index in [-0.39, 0.29) is 11.7 Å². The molecule has 1 amide bonds. The van der Waals surface area contributed by atoms with Gasteiger partial charge in [0.2, 0.25) is 15.9 Å². The monoisotopic (exact) mass is 222 g/mol. The molecule has 0 fully saturated rings. The summed E-state index contributed by atoms with van der Waals surface area (Å²) in [6.07, 6.45) is 2.56. The first kappa shape index (κ1) is 13.4. The zero-order valence-electron chi connectivity index (χ0n) is 8.67. The van der Waals surface area contributed by atoms with Crippen LogP contribution in [-0.4, -0.2) is 20.1 Å². The van der Waals surface area contributed by atoms with Crippen molar-refractivity contribution in [3.05, 3.63) is 0 Å². The highest BCUT2D eigenvalue weighted by Crippen LogP contribution is 1.92. The fourth-order valence-corrected chi connectivity index (χ4v) is 1.76. The fraction of sp³-hybridized carbons (Fsp3) is 0.875. The van der Waals surface area contributed by atoms with E-state index in [2.05, 4.69) is 5.43 Å². The third-order valence-electron chi connectivity index (χ3n) is 1.58. The highest BCUT2D eigenvalue weighted by Gasteiger charge is 2.09. The molecule has 0 radical (unpaired) electrons. The van der Waals surface area contributed by atoms with Gasteiger partial charge in [0.05, 0.1) is 5.75 Å². The van der Waals surface area contributed by atoms with Crippen LogP contribution in [0.25, 0.3) is 0 Å². The Morgan fingerprint density at radius 2 is 1.86 bits per heavy atom. The number of hydrogen-bond donors (Lipinski definition) is 2. The van der Waals surface area contributed by atoms with Gasteiger partial charge in [-0.25, -0.2) is 8.42 Å². The number of sulfonamides is 1. The summed E-state index contributed by atoms with van der Waals surface area (Å²) in [6.45, 7) is 3.73. The van der Waals surface area contributed by atoms with E-state index in [0.29, 0.717) is 12.8 Å². The summed E-state index contributed by atoms with van der Waals surface area (Å²) in [5.74, 6) is -0.257. The van der Waals surface area contributed by atoms with Crippen molar-refractivity contribution in [1.82, 2.24) is 10.3 Å². The Balaban J connectivity index is 3.76. The van der Waals surface area contributed by atoms with Crippen molar-refractivity contribution in [2.75, 3.05) is 5.75 Å². The van der Waals surface area contributed by atoms with Crippen molar-refractivity contribution < 1.29 is 13.2 Å². The number of nitrogens with one attached hydrogen (secondary N) is 2. The van der Waals surface area contributed by atoms with Crippen molar-refractivity contribution in [3.8, 4) is 0 Å². The van der Waals surface area contributed by atoms with Crippen molar-refractivity contribution in [2.24, 2.45) is 0 Å². The van der Waals surface area contributed by atoms with E-state index >= 15 is 0 Å². The standard InChI is InChI=1S/C8H18N2O3S/c1-3-5-6-8(11)9-10-14(12,13)7-4-2/h10H,3-7H2,1-2H3,(H,9,11). The number of hydrazine groups is 1. The van der Waals surface area contributed by atoms with Crippen molar-refractivity contribution in [2.45, 2.75) is 39.5 Å². The maximum Gasteiger partial charge on any atom is 0.234 e. The van der Waals surface area contributed by atoms with E-state index in [9.17, 15) is 13.2 Å². The van der Waals surface area contributed by atoms with Crippen LogP contribution in [0.15, 0.2) is 0 Å². The van der Waals surface area contributed by atoms with Crippen molar-refractivity contribution >= 4 is 15.9 Å². The Hall–Kier alpha value is -0.620. The average Bonchev–Trinajstić information content (AvgIpc) is 2.11. The largest absolute Gasteiger partial charge is 0.278 e. The first-order chi connectivity index (χ1) is 6.52. The summed E-state index contributed by atoms with van der Waals surface area (Å²) >= 11 is 0. The summed E-state index contributed by atoms with van der Waals surface area (Å²) in [4.78, 5) is 13.1. The minimum absolute atomic E-state index is 0.0288. The highest BCUT2D eigenvalue weighted by molar-refractivity contribution is 7.89. The number of hydrogen-bond acceptors (Lipinski definition) is 3. The maximum atomic E-state index is 11.1. The summed E-state index contributed by atoms with van der Waals surface area (Å²) in [7, 11) is -3.33. The molecular weight excluding hydrogens is 204 g/mol. The molecule has 14 heavy (non-hydrogen) atoms. The molecule has 84 valence electrons. The quantitative estimate of drug-likeness (QED) is 0.617. The van der Waals surface area contributed by atoms with Gasteiger partial charge in [-0.1, -0.05) is 20.3 Å². The molecule has 0 spiro atoms. The molecule has 0 bridgehead atoms. The van der Waals surface area contributed by atoms with Crippen LogP contribution in [0.5, 0.6) is 0 Å². The highest BCUT2D eigenvalue weighted by atomic mass is 32.2. The van der Waals surface area contributed by atoms with Crippen LogP contribution in [0.3, 0.4) is 0 Å². The molecule has 0 aliphatic rings. The topological polar surface area (TPSA) is 75.3 Å². The maximum absolute atomic E-state index is 11.1. The number of carbonyl (C=O) groups is 1. The fourth-order valence-electron chi connectivity index (χ4n) is 0.854. The number of amides is 1. The number of unbranched alkanes of at least 4 members (excludes halogenated alkanes) is 1. The molecule has 6 heteroatoms. The van der Waals surface area contributed by atoms with E-state index in [0.717, 1.165) is 12.8 Å². The van der Waals surface area contributed by atoms with Gasteiger partial charge < -0.3 is 0 Å². The first-order valence-corrected chi connectivity index (χ1v) is 6.45. The van der Waals surface area contributed by atoms with Gasteiger partial charge >= 0.3 is 0 Å². The van der Waals surface area contributed by atoms with Gasteiger partial charge in [-0.15, -0.1) is 4.83 Å². The molecule has 0 aliphatic heterocycles. The Kier molecular flexibility index (Phi) is 6.48. The SMILES string of the molecule is CCCCC(=O)NNS(=O)(=O)CCC. The molecule has 5 nitrogen and oxygen atoms in total. The third-order valence-corrected chi connectivity index (χ3v) is 2.93. The van der Waals surface area contributed by atoms with Gasteiger partial charge in [-0.05, 0) is 12.8 Å². The van der Waals surface area contributed by atoms with Gasteiger partial charge in [0.25, 0.3) is 0 Å². The minimum Gasteiger partial charge on any atom is -0.278 e. The molecule has 0 aromatic carbocycles. The number of rotatable bonds is 7. The third kappa shape index (κ3) is 6.85. The Labute approximate surface area is 85.3 Å². The average molecular weight is 222 g/mol. The van der Waals surface area contributed by atoms with Crippen LogP contribution in [0.1, 0.15) is 39.5 Å². The van der Waals surface area contributed by atoms with Crippen LogP contribution in [-0.2, 0) is 14.8 Å². The van der Waals surface area contributed by atoms with Gasteiger partial charge in [0, 0.05) is 6.42 Å². The van der Waals surface area contributed by atoms with Crippen LogP contribution < -0.4 is 10.3 Å². The van der Waals surface area contributed by atoms with Crippen LogP contribution >= 0.6 is 0 Å². The van der Waals surface area contributed by atoms with Gasteiger partial charge in [0.15, 0.2) is 0 Å².